The minimum Gasteiger partial charge on any atom is -0.388 e. The van der Waals surface area contributed by atoms with Crippen LogP contribution in [0.1, 0.15) is 37.9 Å². The minimum atomic E-state index is -1.11. The largest absolute Gasteiger partial charge is 0.388 e. The number of hydrogen-bond donors (Lipinski definition) is 1. The Hall–Kier alpha value is -0.520. The summed E-state index contributed by atoms with van der Waals surface area (Å²) in [5, 5.41) is 10.0. The van der Waals surface area contributed by atoms with Gasteiger partial charge in [0.15, 0.2) is 0 Å². The zero-order chi connectivity index (χ0) is 14.0. The number of aliphatic hydroxyl groups is 1. The molecule has 0 amide bonds. The first kappa shape index (κ1) is 14.9. The fourth-order valence-corrected chi connectivity index (χ4v) is 2.87. The SMILES string of the molecule is CCOC1CC(CC(O)c2c(F)ccc(Br)c2F)C1. The fourth-order valence-electron chi connectivity index (χ4n) is 2.52. The third-order valence-electron chi connectivity index (χ3n) is 3.56. The summed E-state index contributed by atoms with van der Waals surface area (Å²) in [5.41, 5.74) is -0.241. The first-order valence-electron chi connectivity index (χ1n) is 6.46. The van der Waals surface area contributed by atoms with Gasteiger partial charge in [-0.15, -0.1) is 0 Å². The summed E-state index contributed by atoms with van der Waals surface area (Å²) in [7, 11) is 0. The average Bonchev–Trinajstić information content (AvgIpc) is 2.32. The van der Waals surface area contributed by atoms with Crippen molar-refractivity contribution in [2.24, 2.45) is 5.92 Å². The topological polar surface area (TPSA) is 29.5 Å². The maximum Gasteiger partial charge on any atom is 0.146 e. The van der Waals surface area contributed by atoms with Crippen LogP contribution in [-0.2, 0) is 4.74 Å². The van der Waals surface area contributed by atoms with Gasteiger partial charge in [0.1, 0.15) is 11.6 Å². The van der Waals surface area contributed by atoms with Crippen molar-refractivity contribution in [3.8, 4) is 0 Å². The molecule has 106 valence electrons. The standard InChI is InChI=1S/C14H17BrF2O2/c1-2-19-9-5-8(6-9)7-12(18)13-11(16)4-3-10(15)14(13)17/h3-4,8-9,12,18H,2,5-7H2,1H3. The summed E-state index contributed by atoms with van der Waals surface area (Å²) in [6.07, 6.45) is 1.20. The molecule has 0 saturated heterocycles. The molecule has 19 heavy (non-hydrogen) atoms. The molecule has 1 aromatic carbocycles. The Morgan fingerprint density at radius 2 is 2.11 bits per heavy atom. The van der Waals surface area contributed by atoms with Crippen molar-refractivity contribution in [1.82, 2.24) is 0 Å². The molecule has 1 N–H and O–H groups in total. The van der Waals surface area contributed by atoms with Gasteiger partial charge in [0, 0.05) is 6.61 Å². The molecular formula is C14H17BrF2O2. The molecule has 2 rings (SSSR count). The molecule has 1 fully saturated rings. The summed E-state index contributed by atoms with van der Waals surface area (Å²) in [6.45, 7) is 2.61. The molecule has 1 aliphatic rings. The fraction of sp³-hybridized carbons (Fsp3) is 0.571. The van der Waals surface area contributed by atoms with Crippen LogP contribution in [0.3, 0.4) is 0 Å². The number of aliphatic hydroxyl groups excluding tert-OH is 1. The highest BCUT2D eigenvalue weighted by Crippen LogP contribution is 2.38. The van der Waals surface area contributed by atoms with Crippen LogP contribution in [0.5, 0.6) is 0 Å². The van der Waals surface area contributed by atoms with Crippen LogP contribution < -0.4 is 0 Å². The summed E-state index contributed by atoms with van der Waals surface area (Å²) < 4.78 is 33.0. The molecule has 1 unspecified atom stereocenters. The molecule has 0 aromatic heterocycles. The maximum absolute atomic E-state index is 13.8. The van der Waals surface area contributed by atoms with Gasteiger partial charge in [-0.1, -0.05) is 0 Å². The number of ether oxygens (including phenoxy) is 1. The third kappa shape index (κ3) is 3.33. The molecular weight excluding hydrogens is 318 g/mol. The van der Waals surface area contributed by atoms with Crippen LogP contribution in [0.15, 0.2) is 16.6 Å². The second-order valence-corrected chi connectivity index (χ2v) is 5.78. The zero-order valence-corrected chi connectivity index (χ0v) is 12.3. The van der Waals surface area contributed by atoms with Crippen molar-refractivity contribution < 1.29 is 18.6 Å². The minimum absolute atomic E-state index is 0.170. The second kappa shape index (κ2) is 6.29. The van der Waals surface area contributed by atoms with Gasteiger partial charge in [0.25, 0.3) is 0 Å². The number of rotatable bonds is 5. The van der Waals surface area contributed by atoms with Gasteiger partial charge >= 0.3 is 0 Å². The molecule has 1 aliphatic carbocycles. The predicted octanol–water partition coefficient (Wildman–Crippen LogP) is 3.97. The zero-order valence-electron chi connectivity index (χ0n) is 10.7. The lowest BCUT2D eigenvalue weighted by molar-refractivity contribution is -0.0385. The summed E-state index contributed by atoms with van der Waals surface area (Å²) in [4.78, 5) is 0. The molecule has 5 heteroatoms. The van der Waals surface area contributed by atoms with Gasteiger partial charge in [-0.3, -0.25) is 0 Å². The van der Waals surface area contributed by atoms with E-state index in [9.17, 15) is 13.9 Å². The summed E-state index contributed by atoms with van der Waals surface area (Å²) in [5.74, 6) is -1.15. The van der Waals surface area contributed by atoms with Crippen molar-refractivity contribution in [3.63, 3.8) is 0 Å². The monoisotopic (exact) mass is 334 g/mol. The van der Waals surface area contributed by atoms with E-state index in [1.54, 1.807) is 0 Å². The van der Waals surface area contributed by atoms with Crippen molar-refractivity contribution in [3.05, 3.63) is 33.8 Å². The van der Waals surface area contributed by atoms with Gasteiger partial charge in [-0.25, -0.2) is 8.78 Å². The average molecular weight is 335 g/mol. The Kier molecular flexibility index (Phi) is 4.92. The van der Waals surface area contributed by atoms with E-state index in [1.807, 2.05) is 6.92 Å². The number of halogens is 3. The molecule has 1 saturated carbocycles. The molecule has 0 heterocycles. The van der Waals surface area contributed by atoms with E-state index in [-0.39, 0.29) is 22.1 Å². The van der Waals surface area contributed by atoms with E-state index in [0.29, 0.717) is 13.0 Å². The molecule has 0 aliphatic heterocycles. The van der Waals surface area contributed by atoms with Crippen LogP contribution in [0.2, 0.25) is 0 Å². The van der Waals surface area contributed by atoms with Crippen LogP contribution >= 0.6 is 15.9 Å². The second-order valence-electron chi connectivity index (χ2n) is 4.92. The van der Waals surface area contributed by atoms with E-state index in [4.69, 9.17) is 4.74 Å². The van der Waals surface area contributed by atoms with Gasteiger partial charge in [0.05, 0.1) is 22.2 Å². The van der Waals surface area contributed by atoms with Crippen LogP contribution in [0, 0.1) is 17.6 Å². The Morgan fingerprint density at radius 3 is 2.74 bits per heavy atom. The third-order valence-corrected chi connectivity index (χ3v) is 4.18. The Bertz CT molecular complexity index is 447. The van der Waals surface area contributed by atoms with E-state index in [0.717, 1.165) is 18.9 Å². The smallest absolute Gasteiger partial charge is 0.146 e. The number of hydrogen-bond acceptors (Lipinski definition) is 2. The quantitative estimate of drug-likeness (QED) is 0.825. The van der Waals surface area contributed by atoms with Gasteiger partial charge < -0.3 is 9.84 Å². The molecule has 0 radical (unpaired) electrons. The summed E-state index contributed by atoms with van der Waals surface area (Å²) in [6, 6.07) is 2.46. The van der Waals surface area contributed by atoms with Gasteiger partial charge in [-0.2, -0.15) is 0 Å². The van der Waals surface area contributed by atoms with E-state index in [2.05, 4.69) is 15.9 Å². The molecule has 0 bridgehead atoms. The molecule has 1 atom stereocenters. The lowest BCUT2D eigenvalue weighted by Gasteiger charge is -2.36. The van der Waals surface area contributed by atoms with E-state index in [1.165, 1.54) is 6.07 Å². The molecule has 1 aromatic rings. The van der Waals surface area contributed by atoms with Crippen molar-refractivity contribution in [1.29, 1.82) is 0 Å². The van der Waals surface area contributed by atoms with Crippen LogP contribution in [0.4, 0.5) is 8.78 Å². The predicted molar refractivity (Wildman–Crippen MR) is 71.8 cm³/mol. The lowest BCUT2D eigenvalue weighted by atomic mass is 9.78. The molecule has 0 spiro atoms. The van der Waals surface area contributed by atoms with Crippen molar-refractivity contribution >= 4 is 15.9 Å². The van der Waals surface area contributed by atoms with Gasteiger partial charge in [0.2, 0.25) is 0 Å². The maximum atomic E-state index is 13.8. The Labute approximate surface area is 119 Å². The Balaban J connectivity index is 1.98. The van der Waals surface area contributed by atoms with Crippen LogP contribution in [0.25, 0.3) is 0 Å². The normalized spacial score (nSPS) is 24.1. The Morgan fingerprint density at radius 1 is 1.42 bits per heavy atom. The highest BCUT2D eigenvalue weighted by molar-refractivity contribution is 9.10. The van der Waals surface area contributed by atoms with Crippen molar-refractivity contribution in [2.75, 3.05) is 6.61 Å². The summed E-state index contributed by atoms with van der Waals surface area (Å²) >= 11 is 3.00. The van der Waals surface area contributed by atoms with E-state index >= 15 is 0 Å². The van der Waals surface area contributed by atoms with Gasteiger partial charge in [-0.05, 0) is 60.2 Å². The van der Waals surface area contributed by atoms with Crippen LogP contribution in [-0.4, -0.2) is 17.8 Å². The van der Waals surface area contributed by atoms with E-state index < -0.39 is 17.7 Å². The molecule has 2 nitrogen and oxygen atoms in total. The highest BCUT2D eigenvalue weighted by atomic mass is 79.9. The first-order valence-corrected chi connectivity index (χ1v) is 7.25. The lowest BCUT2D eigenvalue weighted by Crippen LogP contribution is -2.32. The van der Waals surface area contributed by atoms with Crippen molar-refractivity contribution in [2.45, 2.75) is 38.4 Å². The first-order chi connectivity index (χ1) is 9.02. The highest BCUT2D eigenvalue weighted by Gasteiger charge is 2.32. The number of benzene rings is 1.